The molecule has 4 heteroatoms. The molecule has 1 aliphatic carbocycles. The van der Waals surface area contributed by atoms with Crippen LogP contribution >= 0.6 is 0 Å². The SMILES string of the molecule is CC(C)c1c(C(=O)O)n[nH]c1C1CC1. The van der Waals surface area contributed by atoms with Gasteiger partial charge in [-0.1, -0.05) is 13.8 Å². The molecule has 2 rings (SSSR count). The van der Waals surface area contributed by atoms with Gasteiger partial charge in [0, 0.05) is 17.2 Å². The number of carboxylic acids is 1. The summed E-state index contributed by atoms with van der Waals surface area (Å²) >= 11 is 0. The number of aromatic amines is 1. The van der Waals surface area contributed by atoms with Crippen molar-refractivity contribution in [1.29, 1.82) is 0 Å². The molecule has 0 amide bonds. The summed E-state index contributed by atoms with van der Waals surface area (Å²) < 4.78 is 0. The molecule has 0 aromatic carbocycles. The first-order chi connectivity index (χ1) is 6.61. The Kier molecular flexibility index (Phi) is 2.06. The molecule has 0 atom stereocenters. The van der Waals surface area contributed by atoms with Crippen molar-refractivity contribution in [1.82, 2.24) is 10.2 Å². The first-order valence-corrected chi connectivity index (χ1v) is 4.92. The number of aromatic carboxylic acids is 1. The maximum absolute atomic E-state index is 10.9. The lowest BCUT2D eigenvalue weighted by Crippen LogP contribution is -2.03. The lowest BCUT2D eigenvalue weighted by molar-refractivity contribution is 0.0689. The Bertz CT molecular complexity index is 364. The second kappa shape index (κ2) is 3.12. The van der Waals surface area contributed by atoms with Crippen molar-refractivity contribution in [3.05, 3.63) is 17.0 Å². The Morgan fingerprint density at radius 3 is 2.64 bits per heavy atom. The summed E-state index contributed by atoms with van der Waals surface area (Å²) in [7, 11) is 0. The summed E-state index contributed by atoms with van der Waals surface area (Å²) in [4.78, 5) is 10.9. The molecule has 1 saturated carbocycles. The average molecular weight is 194 g/mol. The molecule has 14 heavy (non-hydrogen) atoms. The maximum Gasteiger partial charge on any atom is 0.356 e. The molecule has 0 aliphatic heterocycles. The Hall–Kier alpha value is -1.32. The van der Waals surface area contributed by atoms with Crippen LogP contribution in [0.1, 0.15) is 60.3 Å². The van der Waals surface area contributed by atoms with Gasteiger partial charge in [0.2, 0.25) is 0 Å². The minimum absolute atomic E-state index is 0.196. The van der Waals surface area contributed by atoms with E-state index in [9.17, 15) is 4.79 Å². The number of carbonyl (C=O) groups is 1. The second-order valence-electron chi connectivity index (χ2n) is 4.13. The van der Waals surface area contributed by atoms with E-state index in [1.807, 2.05) is 13.8 Å². The number of carboxylic acid groups (broad SMARTS) is 1. The third kappa shape index (κ3) is 1.41. The van der Waals surface area contributed by atoms with Crippen molar-refractivity contribution < 1.29 is 9.90 Å². The lowest BCUT2D eigenvalue weighted by atomic mass is 9.98. The molecule has 0 saturated heterocycles. The molecule has 0 unspecified atom stereocenters. The highest BCUT2D eigenvalue weighted by atomic mass is 16.4. The minimum atomic E-state index is -0.933. The van der Waals surface area contributed by atoms with Gasteiger partial charge in [0.05, 0.1) is 0 Å². The van der Waals surface area contributed by atoms with E-state index in [-0.39, 0.29) is 11.6 Å². The molecule has 0 bridgehead atoms. The lowest BCUT2D eigenvalue weighted by Gasteiger charge is -2.06. The third-order valence-corrected chi connectivity index (χ3v) is 2.60. The number of nitrogens with zero attached hydrogens (tertiary/aromatic N) is 1. The molecule has 2 N–H and O–H groups in total. The van der Waals surface area contributed by atoms with E-state index in [0.29, 0.717) is 5.92 Å². The standard InChI is InChI=1S/C10H14N2O2/c1-5(2)7-8(6-3-4-6)11-12-9(7)10(13)14/h5-6H,3-4H2,1-2H3,(H,11,12)(H,13,14). The first kappa shape index (κ1) is 9.24. The highest BCUT2D eigenvalue weighted by molar-refractivity contribution is 5.87. The predicted molar refractivity (Wildman–Crippen MR) is 51.6 cm³/mol. The smallest absolute Gasteiger partial charge is 0.356 e. The van der Waals surface area contributed by atoms with Gasteiger partial charge in [-0.2, -0.15) is 5.10 Å². The highest BCUT2D eigenvalue weighted by Gasteiger charge is 2.32. The largest absolute Gasteiger partial charge is 0.476 e. The van der Waals surface area contributed by atoms with Crippen LogP contribution in [0.25, 0.3) is 0 Å². The Labute approximate surface area is 82.3 Å². The summed E-state index contributed by atoms with van der Waals surface area (Å²) in [5.41, 5.74) is 2.12. The zero-order valence-corrected chi connectivity index (χ0v) is 8.37. The van der Waals surface area contributed by atoms with Gasteiger partial charge in [-0.3, -0.25) is 5.10 Å². The first-order valence-electron chi connectivity index (χ1n) is 4.92. The van der Waals surface area contributed by atoms with Crippen LogP contribution in [-0.4, -0.2) is 21.3 Å². The van der Waals surface area contributed by atoms with Crippen molar-refractivity contribution in [2.24, 2.45) is 0 Å². The number of nitrogens with one attached hydrogen (secondary N) is 1. The van der Waals surface area contributed by atoms with Gasteiger partial charge >= 0.3 is 5.97 Å². The highest BCUT2D eigenvalue weighted by Crippen LogP contribution is 2.42. The summed E-state index contributed by atoms with van der Waals surface area (Å²) in [6, 6.07) is 0. The zero-order valence-electron chi connectivity index (χ0n) is 8.37. The van der Waals surface area contributed by atoms with Crippen LogP contribution in [0.15, 0.2) is 0 Å². The number of hydrogen-bond acceptors (Lipinski definition) is 2. The second-order valence-corrected chi connectivity index (χ2v) is 4.13. The van der Waals surface area contributed by atoms with E-state index >= 15 is 0 Å². The van der Waals surface area contributed by atoms with Gasteiger partial charge in [-0.15, -0.1) is 0 Å². The van der Waals surface area contributed by atoms with Crippen molar-refractivity contribution in [2.75, 3.05) is 0 Å². The van der Waals surface area contributed by atoms with Gasteiger partial charge in [-0.25, -0.2) is 4.79 Å². The van der Waals surface area contributed by atoms with Gasteiger partial charge in [-0.05, 0) is 18.8 Å². The monoisotopic (exact) mass is 194 g/mol. The molecule has 76 valence electrons. The van der Waals surface area contributed by atoms with Crippen LogP contribution < -0.4 is 0 Å². The maximum atomic E-state index is 10.9. The summed E-state index contributed by atoms with van der Waals surface area (Å²) in [5, 5.41) is 15.7. The van der Waals surface area contributed by atoms with Crippen LogP contribution in [0, 0.1) is 0 Å². The predicted octanol–water partition coefficient (Wildman–Crippen LogP) is 2.11. The van der Waals surface area contributed by atoms with E-state index in [2.05, 4.69) is 10.2 Å². The number of aromatic nitrogens is 2. The number of rotatable bonds is 3. The quantitative estimate of drug-likeness (QED) is 0.774. The van der Waals surface area contributed by atoms with Gasteiger partial charge < -0.3 is 5.11 Å². The third-order valence-electron chi connectivity index (χ3n) is 2.60. The van der Waals surface area contributed by atoms with Gasteiger partial charge in [0.1, 0.15) is 0 Å². The van der Waals surface area contributed by atoms with Crippen molar-refractivity contribution in [3.63, 3.8) is 0 Å². The Balaban J connectivity index is 2.46. The van der Waals surface area contributed by atoms with Crippen molar-refractivity contribution >= 4 is 5.97 Å². The molecule has 1 aliphatic rings. The molecule has 1 aromatic rings. The van der Waals surface area contributed by atoms with Crippen LogP contribution in [-0.2, 0) is 0 Å². The van der Waals surface area contributed by atoms with E-state index in [0.717, 1.165) is 24.1 Å². The molecule has 1 fully saturated rings. The van der Waals surface area contributed by atoms with Crippen LogP contribution in [0.4, 0.5) is 0 Å². The Morgan fingerprint density at radius 2 is 2.21 bits per heavy atom. The molecule has 1 heterocycles. The van der Waals surface area contributed by atoms with Crippen molar-refractivity contribution in [2.45, 2.75) is 38.5 Å². The summed E-state index contributed by atoms with van der Waals surface area (Å²) in [6.07, 6.45) is 2.31. The fraction of sp³-hybridized carbons (Fsp3) is 0.600. The molecular formula is C10H14N2O2. The van der Waals surface area contributed by atoms with E-state index < -0.39 is 5.97 Å². The molecular weight excluding hydrogens is 180 g/mol. The van der Waals surface area contributed by atoms with Crippen LogP contribution in [0.5, 0.6) is 0 Å². The fourth-order valence-corrected chi connectivity index (χ4v) is 1.79. The van der Waals surface area contributed by atoms with Crippen LogP contribution in [0.2, 0.25) is 0 Å². The summed E-state index contributed by atoms with van der Waals surface area (Å²) in [6.45, 7) is 4.01. The van der Waals surface area contributed by atoms with E-state index in [1.54, 1.807) is 0 Å². The zero-order chi connectivity index (χ0) is 10.3. The Morgan fingerprint density at radius 1 is 1.57 bits per heavy atom. The normalized spacial score (nSPS) is 16.2. The average Bonchev–Trinajstić information content (AvgIpc) is 2.83. The number of hydrogen-bond donors (Lipinski definition) is 2. The van der Waals surface area contributed by atoms with Crippen molar-refractivity contribution in [3.8, 4) is 0 Å². The van der Waals surface area contributed by atoms with Crippen LogP contribution in [0.3, 0.4) is 0 Å². The van der Waals surface area contributed by atoms with E-state index in [4.69, 9.17) is 5.11 Å². The van der Waals surface area contributed by atoms with Gasteiger partial charge in [0.15, 0.2) is 5.69 Å². The summed E-state index contributed by atoms with van der Waals surface area (Å²) in [5.74, 6) is -0.194. The fourth-order valence-electron chi connectivity index (χ4n) is 1.79. The topological polar surface area (TPSA) is 66.0 Å². The minimum Gasteiger partial charge on any atom is -0.476 e. The molecule has 1 aromatic heterocycles. The number of H-pyrrole nitrogens is 1. The van der Waals surface area contributed by atoms with E-state index in [1.165, 1.54) is 0 Å². The molecule has 0 radical (unpaired) electrons. The molecule has 0 spiro atoms. The van der Waals surface area contributed by atoms with Gasteiger partial charge in [0.25, 0.3) is 0 Å². The molecule has 4 nitrogen and oxygen atoms in total.